The number of nitrogens with one attached hydrogen (secondary N) is 1. The first-order valence-electron chi connectivity index (χ1n) is 8.37. The van der Waals surface area contributed by atoms with Crippen LogP contribution in [0.25, 0.3) is 6.08 Å². The summed E-state index contributed by atoms with van der Waals surface area (Å²) in [4.78, 5) is 12.2. The molecule has 0 radical (unpaired) electrons. The van der Waals surface area contributed by atoms with E-state index in [9.17, 15) is 4.79 Å². The maximum absolute atomic E-state index is 12.2. The van der Waals surface area contributed by atoms with Crippen molar-refractivity contribution in [2.45, 2.75) is 13.3 Å². The predicted octanol–water partition coefficient (Wildman–Crippen LogP) is 3.90. The van der Waals surface area contributed by atoms with E-state index in [1.807, 2.05) is 37.3 Å². The van der Waals surface area contributed by atoms with Crippen molar-refractivity contribution in [2.24, 2.45) is 0 Å². The largest absolute Gasteiger partial charge is 0.493 e. The van der Waals surface area contributed by atoms with Crippen LogP contribution in [0.15, 0.2) is 48.5 Å². The number of carbonyl (C=O) groups excluding carboxylic acids is 1. The molecule has 130 valence electrons. The number of benzene rings is 2. The first kappa shape index (κ1) is 16.9. The molecule has 3 rings (SSSR count). The molecule has 0 spiro atoms. The molecule has 1 aliphatic heterocycles. The molecule has 5 heteroatoms. The van der Waals surface area contributed by atoms with Gasteiger partial charge in [0.25, 0.3) is 0 Å². The number of rotatable bonds is 5. The molecular formula is C20H21NO4. The maximum atomic E-state index is 12.2. The Bertz CT molecular complexity index is 770. The Labute approximate surface area is 147 Å². The smallest absolute Gasteiger partial charge is 0.248 e. The van der Waals surface area contributed by atoms with Gasteiger partial charge in [-0.15, -0.1) is 0 Å². The van der Waals surface area contributed by atoms with E-state index >= 15 is 0 Å². The van der Waals surface area contributed by atoms with Gasteiger partial charge in [0, 0.05) is 29.8 Å². The van der Waals surface area contributed by atoms with Gasteiger partial charge in [-0.1, -0.05) is 18.2 Å². The molecule has 0 unspecified atom stereocenters. The van der Waals surface area contributed by atoms with Gasteiger partial charge in [-0.25, -0.2) is 0 Å². The van der Waals surface area contributed by atoms with Crippen molar-refractivity contribution >= 4 is 17.7 Å². The molecule has 0 aromatic heterocycles. The Morgan fingerprint density at radius 3 is 2.80 bits per heavy atom. The molecule has 2 aromatic rings. The number of hydrogen-bond acceptors (Lipinski definition) is 4. The summed E-state index contributed by atoms with van der Waals surface area (Å²) < 4.78 is 16.8. The van der Waals surface area contributed by atoms with Gasteiger partial charge in [0.1, 0.15) is 5.75 Å². The normalized spacial score (nSPS) is 13.3. The fourth-order valence-corrected chi connectivity index (χ4v) is 2.50. The van der Waals surface area contributed by atoms with Gasteiger partial charge in [-0.3, -0.25) is 4.79 Å². The molecule has 0 aliphatic carbocycles. The molecule has 2 aromatic carbocycles. The number of anilines is 1. The van der Waals surface area contributed by atoms with Crippen molar-refractivity contribution in [1.82, 2.24) is 0 Å². The second kappa shape index (κ2) is 8.24. The minimum atomic E-state index is -0.221. The SMILES string of the molecule is CCOc1ccccc1C=CC(=O)Nc1ccc2c(c1)OCCCO2. The molecular weight excluding hydrogens is 318 g/mol. The Kier molecular flexibility index (Phi) is 5.57. The highest BCUT2D eigenvalue weighted by Crippen LogP contribution is 2.32. The molecule has 1 amide bonds. The summed E-state index contributed by atoms with van der Waals surface area (Å²) in [6.45, 7) is 3.75. The van der Waals surface area contributed by atoms with Crippen LogP contribution in [0.5, 0.6) is 17.2 Å². The molecule has 25 heavy (non-hydrogen) atoms. The number of amides is 1. The van der Waals surface area contributed by atoms with Gasteiger partial charge in [0.05, 0.1) is 19.8 Å². The van der Waals surface area contributed by atoms with Crippen molar-refractivity contribution in [3.8, 4) is 17.2 Å². The minimum absolute atomic E-state index is 0.221. The minimum Gasteiger partial charge on any atom is -0.493 e. The van der Waals surface area contributed by atoms with Crippen LogP contribution in [-0.2, 0) is 4.79 Å². The molecule has 0 bridgehead atoms. The van der Waals surface area contributed by atoms with Gasteiger partial charge < -0.3 is 19.5 Å². The molecule has 1 aliphatic rings. The molecule has 0 saturated heterocycles. The van der Waals surface area contributed by atoms with E-state index in [0.717, 1.165) is 17.7 Å². The summed E-state index contributed by atoms with van der Waals surface area (Å²) in [6.07, 6.45) is 4.07. The fraction of sp³-hybridized carbons (Fsp3) is 0.250. The first-order valence-corrected chi connectivity index (χ1v) is 8.37. The summed E-state index contributed by atoms with van der Waals surface area (Å²) >= 11 is 0. The second-order valence-electron chi connectivity index (χ2n) is 5.51. The fourth-order valence-electron chi connectivity index (χ4n) is 2.50. The van der Waals surface area contributed by atoms with Crippen molar-refractivity contribution in [1.29, 1.82) is 0 Å². The standard InChI is InChI=1S/C20H21NO4/c1-2-23-17-7-4-3-6-15(17)8-11-20(22)21-16-9-10-18-19(14-16)25-13-5-12-24-18/h3-4,6-11,14H,2,5,12-13H2,1H3,(H,21,22). The zero-order chi connectivity index (χ0) is 17.5. The maximum Gasteiger partial charge on any atom is 0.248 e. The van der Waals surface area contributed by atoms with Gasteiger partial charge >= 0.3 is 0 Å². The van der Waals surface area contributed by atoms with Crippen LogP contribution in [0, 0.1) is 0 Å². The van der Waals surface area contributed by atoms with Gasteiger partial charge in [0.2, 0.25) is 5.91 Å². The third kappa shape index (κ3) is 4.53. The molecule has 1 heterocycles. The van der Waals surface area contributed by atoms with Crippen molar-refractivity contribution in [3.05, 3.63) is 54.1 Å². The lowest BCUT2D eigenvalue weighted by Crippen LogP contribution is -2.08. The topological polar surface area (TPSA) is 56.8 Å². The highest BCUT2D eigenvalue weighted by molar-refractivity contribution is 6.02. The van der Waals surface area contributed by atoms with E-state index in [2.05, 4.69) is 5.32 Å². The van der Waals surface area contributed by atoms with E-state index in [1.165, 1.54) is 6.08 Å². The second-order valence-corrected chi connectivity index (χ2v) is 5.51. The summed E-state index contributed by atoms with van der Waals surface area (Å²) in [7, 11) is 0. The number of carbonyl (C=O) groups is 1. The molecule has 0 fully saturated rings. The van der Waals surface area contributed by atoms with Crippen molar-refractivity contribution < 1.29 is 19.0 Å². The van der Waals surface area contributed by atoms with E-state index < -0.39 is 0 Å². The average molecular weight is 339 g/mol. The zero-order valence-corrected chi connectivity index (χ0v) is 14.2. The lowest BCUT2D eigenvalue weighted by atomic mass is 10.2. The number of fused-ring (bicyclic) bond motifs is 1. The van der Waals surface area contributed by atoms with Crippen LogP contribution in [0.3, 0.4) is 0 Å². The average Bonchev–Trinajstić information content (AvgIpc) is 2.86. The van der Waals surface area contributed by atoms with Gasteiger partial charge in [-0.2, -0.15) is 0 Å². The summed E-state index contributed by atoms with van der Waals surface area (Å²) in [6, 6.07) is 13.0. The highest BCUT2D eigenvalue weighted by atomic mass is 16.5. The van der Waals surface area contributed by atoms with Gasteiger partial charge in [0.15, 0.2) is 11.5 Å². The number of para-hydroxylation sites is 1. The van der Waals surface area contributed by atoms with Crippen LogP contribution in [0.2, 0.25) is 0 Å². The molecule has 0 saturated carbocycles. The van der Waals surface area contributed by atoms with Crippen LogP contribution in [-0.4, -0.2) is 25.7 Å². The third-order valence-electron chi connectivity index (χ3n) is 3.65. The van der Waals surface area contributed by atoms with E-state index in [0.29, 0.717) is 37.0 Å². The predicted molar refractivity (Wildman–Crippen MR) is 97.3 cm³/mol. The quantitative estimate of drug-likeness (QED) is 0.840. The lowest BCUT2D eigenvalue weighted by molar-refractivity contribution is -0.111. The zero-order valence-electron chi connectivity index (χ0n) is 14.2. The summed E-state index contributed by atoms with van der Waals surface area (Å²) in [5.74, 6) is 1.89. The van der Waals surface area contributed by atoms with Crippen LogP contribution >= 0.6 is 0 Å². The Balaban J connectivity index is 1.68. The number of hydrogen-bond donors (Lipinski definition) is 1. The van der Waals surface area contributed by atoms with Crippen LogP contribution in [0.1, 0.15) is 18.9 Å². The molecule has 0 atom stereocenters. The molecule has 1 N–H and O–H groups in total. The van der Waals surface area contributed by atoms with E-state index in [1.54, 1.807) is 18.2 Å². The van der Waals surface area contributed by atoms with Crippen molar-refractivity contribution in [2.75, 3.05) is 25.1 Å². The van der Waals surface area contributed by atoms with Gasteiger partial charge in [-0.05, 0) is 31.2 Å². The molecule has 5 nitrogen and oxygen atoms in total. The van der Waals surface area contributed by atoms with E-state index in [-0.39, 0.29) is 5.91 Å². The first-order chi connectivity index (χ1) is 12.3. The lowest BCUT2D eigenvalue weighted by Gasteiger charge is -2.09. The number of ether oxygens (including phenoxy) is 3. The summed E-state index contributed by atoms with van der Waals surface area (Å²) in [5, 5.41) is 2.83. The Morgan fingerprint density at radius 1 is 1.16 bits per heavy atom. The van der Waals surface area contributed by atoms with Crippen LogP contribution in [0.4, 0.5) is 5.69 Å². The van der Waals surface area contributed by atoms with E-state index in [4.69, 9.17) is 14.2 Å². The van der Waals surface area contributed by atoms with Crippen LogP contribution < -0.4 is 19.5 Å². The third-order valence-corrected chi connectivity index (χ3v) is 3.65. The highest BCUT2D eigenvalue weighted by Gasteiger charge is 2.11. The Morgan fingerprint density at radius 2 is 1.96 bits per heavy atom. The van der Waals surface area contributed by atoms with Crippen molar-refractivity contribution in [3.63, 3.8) is 0 Å². The summed E-state index contributed by atoms with van der Waals surface area (Å²) in [5.41, 5.74) is 1.52. The monoisotopic (exact) mass is 339 g/mol. The Hall–Kier alpha value is -2.95.